The summed E-state index contributed by atoms with van der Waals surface area (Å²) in [6.07, 6.45) is 4.80. The molecular weight excluding hydrogens is 190 g/mol. The van der Waals surface area contributed by atoms with Crippen molar-refractivity contribution in [2.24, 2.45) is 11.7 Å². The SMILES string of the molecule is CC1CCCC(Br)=C(N)C1. The van der Waals surface area contributed by atoms with Crippen LogP contribution in [-0.2, 0) is 0 Å². The third-order valence-corrected chi connectivity index (χ3v) is 2.92. The van der Waals surface area contributed by atoms with E-state index in [-0.39, 0.29) is 0 Å². The second-order valence-corrected chi connectivity index (χ2v) is 4.09. The summed E-state index contributed by atoms with van der Waals surface area (Å²) in [5.41, 5.74) is 6.86. The molecule has 2 heteroatoms. The van der Waals surface area contributed by atoms with E-state index < -0.39 is 0 Å². The first-order valence-electron chi connectivity index (χ1n) is 3.83. The predicted octanol–water partition coefficient (Wildman–Crippen LogP) is 2.76. The molecule has 0 saturated heterocycles. The second kappa shape index (κ2) is 3.42. The number of allylic oxidation sites excluding steroid dienone is 2. The van der Waals surface area contributed by atoms with Crippen LogP contribution in [0, 0.1) is 5.92 Å². The molecule has 0 fully saturated rings. The molecule has 58 valence electrons. The molecule has 10 heavy (non-hydrogen) atoms. The van der Waals surface area contributed by atoms with Crippen molar-refractivity contribution in [1.29, 1.82) is 0 Å². The average Bonchev–Trinajstić information content (AvgIpc) is 1.96. The molecular formula is C8H14BrN. The maximum Gasteiger partial charge on any atom is 0.0186 e. The zero-order valence-electron chi connectivity index (χ0n) is 6.36. The van der Waals surface area contributed by atoms with Crippen LogP contribution in [0.5, 0.6) is 0 Å². The monoisotopic (exact) mass is 203 g/mol. The lowest BCUT2D eigenvalue weighted by atomic mass is 10.0. The maximum atomic E-state index is 5.80. The van der Waals surface area contributed by atoms with E-state index in [1.807, 2.05) is 0 Å². The highest BCUT2D eigenvalue weighted by molar-refractivity contribution is 9.11. The van der Waals surface area contributed by atoms with E-state index in [0.29, 0.717) is 0 Å². The van der Waals surface area contributed by atoms with Gasteiger partial charge in [0.05, 0.1) is 0 Å². The number of nitrogens with two attached hydrogens (primary N) is 1. The summed E-state index contributed by atoms with van der Waals surface area (Å²) in [6.45, 7) is 2.26. The molecule has 2 N–H and O–H groups in total. The highest BCUT2D eigenvalue weighted by Gasteiger charge is 2.11. The molecule has 0 aliphatic heterocycles. The van der Waals surface area contributed by atoms with E-state index in [1.165, 1.54) is 17.3 Å². The molecule has 0 aromatic rings. The Morgan fingerprint density at radius 2 is 2.30 bits per heavy atom. The van der Waals surface area contributed by atoms with Crippen LogP contribution in [0.4, 0.5) is 0 Å². The third-order valence-electron chi connectivity index (χ3n) is 2.01. The number of halogens is 1. The van der Waals surface area contributed by atoms with Crippen LogP contribution in [0.15, 0.2) is 10.2 Å². The summed E-state index contributed by atoms with van der Waals surface area (Å²) in [5, 5.41) is 0. The summed E-state index contributed by atoms with van der Waals surface area (Å²) < 4.78 is 1.23. The van der Waals surface area contributed by atoms with E-state index in [2.05, 4.69) is 22.9 Å². The van der Waals surface area contributed by atoms with Crippen molar-refractivity contribution in [2.45, 2.75) is 32.6 Å². The number of hydrogen-bond donors (Lipinski definition) is 1. The van der Waals surface area contributed by atoms with Gasteiger partial charge in [0.1, 0.15) is 0 Å². The van der Waals surface area contributed by atoms with E-state index in [9.17, 15) is 0 Å². The van der Waals surface area contributed by atoms with E-state index in [1.54, 1.807) is 0 Å². The van der Waals surface area contributed by atoms with Gasteiger partial charge in [0.2, 0.25) is 0 Å². The van der Waals surface area contributed by atoms with Crippen LogP contribution < -0.4 is 5.73 Å². The van der Waals surface area contributed by atoms with Crippen molar-refractivity contribution in [3.05, 3.63) is 10.2 Å². The summed E-state index contributed by atoms with van der Waals surface area (Å²) in [6, 6.07) is 0. The fourth-order valence-corrected chi connectivity index (χ4v) is 1.80. The van der Waals surface area contributed by atoms with Crippen LogP contribution >= 0.6 is 15.9 Å². The molecule has 0 aromatic heterocycles. The Kier molecular flexibility index (Phi) is 2.78. The van der Waals surface area contributed by atoms with E-state index >= 15 is 0 Å². The van der Waals surface area contributed by atoms with Crippen molar-refractivity contribution in [3.63, 3.8) is 0 Å². The standard InChI is InChI=1S/C8H14BrN/c1-6-3-2-4-7(9)8(10)5-6/h6H,2-5,10H2,1H3. The topological polar surface area (TPSA) is 26.0 Å². The quantitative estimate of drug-likeness (QED) is 0.645. The zero-order chi connectivity index (χ0) is 7.56. The molecule has 1 nitrogen and oxygen atoms in total. The van der Waals surface area contributed by atoms with Gasteiger partial charge in [-0.2, -0.15) is 0 Å². The Morgan fingerprint density at radius 1 is 1.60 bits per heavy atom. The fraction of sp³-hybridized carbons (Fsp3) is 0.750. The zero-order valence-corrected chi connectivity index (χ0v) is 7.95. The van der Waals surface area contributed by atoms with Gasteiger partial charge in [-0.25, -0.2) is 0 Å². The minimum absolute atomic E-state index is 0.773. The van der Waals surface area contributed by atoms with Crippen molar-refractivity contribution < 1.29 is 0 Å². The minimum Gasteiger partial charge on any atom is -0.401 e. The number of hydrogen-bond acceptors (Lipinski definition) is 1. The molecule has 0 aromatic carbocycles. The van der Waals surface area contributed by atoms with E-state index in [0.717, 1.165) is 24.5 Å². The van der Waals surface area contributed by atoms with Crippen molar-refractivity contribution >= 4 is 15.9 Å². The van der Waals surface area contributed by atoms with E-state index in [4.69, 9.17) is 5.73 Å². The van der Waals surface area contributed by atoms with Crippen molar-refractivity contribution in [1.82, 2.24) is 0 Å². The lowest BCUT2D eigenvalue weighted by molar-refractivity contribution is 0.522. The molecule has 0 amide bonds. The molecule has 0 saturated carbocycles. The van der Waals surface area contributed by atoms with Gasteiger partial charge in [-0.15, -0.1) is 0 Å². The second-order valence-electron chi connectivity index (χ2n) is 3.13. The molecule has 1 aliphatic rings. The smallest absolute Gasteiger partial charge is 0.0186 e. The molecule has 0 spiro atoms. The molecule has 1 unspecified atom stereocenters. The molecule has 1 atom stereocenters. The average molecular weight is 204 g/mol. The van der Waals surface area contributed by atoms with Gasteiger partial charge in [-0.3, -0.25) is 0 Å². The van der Waals surface area contributed by atoms with Gasteiger partial charge in [0.25, 0.3) is 0 Å². The van der Waals surface area contributed by atoms with Gasteiger partial charge in [-0.05, 0) is 25.2 Å². The summed E-state index contributed by atoms with van der Waals surface area (Å²) in [4.78, 5) is 0. The van der Waals surface area contributed by atoms with Gasteiger partial charge in [0, 0.05) is 10.2 Å². The Bertz CT molecular complexity index is 151. The molecule has 0 heterocycles. The first kappa shape index (κ1) is 8.12. The van der Waals surface area contributed by atoms with Crippen LogP contribution in [0.25, 0.3) is 0 Å². The summed E-state index contributed by atoms with van der Waals surface area (Å²) in [7, 11) is 0. The fourth-order valence-electron chi connectivity index (χ4n) is 1.35. The Morgan fingerprint density at radius 3 is 3.00 bits per heavy atom. The first-order chi connectivity index (χ1) is 4.70. The predicted molar refractivity (Wildman–Crippen MR) is 47.8 cm³/mol. The van der Waals surface area contributed by atoms with Gasteiger partial charge in [0.15, 0.2) is 0 Å². The lowest BCUT2D eigenvalue weighted by Crippen LogP contribution is -2.02. The van der Waals surface area contributed by atoms with Crippen LogP contribution in [0.2, 0.25) is 0 Å². The van der Waals surface area contributed by atoms with Crippen molar-refractivity contribution in [3.8, 4) is 0 Å². The maximum absolute atomic E-state index is 5.80. The van der Waals surface area contributed by atoms with Crippen LogP contribution in [0.3, 0.4) is 0 Å². The molecule has 0 radical (unpaired) electrons. The minimum atomic E-state index is 0.773. The number of rotatable bonds is 0. The summed E-state index contributed by atoms with van der Waals surface area (Å²) in [5.74, 6) is 0.773. The third kappa shape index (κ3) is 2.01. The Hall–Kier alpha value is 0.0200. The van der Waals surface area contributed by atoms with Gasteiger partial charge >= 0.3 is 0 Å². The van der Waals surface area contributed by atoms with Crippen LogP contribution in [-0.4, -0.2) is 0 Å². The van der Waals surface area contributed by atoms with Gasteiger partial charge in [-0.1, -0.05) is 29.3 Å². The highest BCUT2D eigenvalue weighted by Crippen LogP contribution is 2.27. The normalized spacial score (nSPS) is 28.4. The van der Waals surface area contributed by atoms with Gasteiger partial charge < -0.3 is 5.73 Å². The molecule has 0 bridgehead atoms. The molecule has 1 rings (SSSR count). The van der Waals surface area contributed by atoms with Crippen molar-refractivity contribution in [2.75, 3.05) is 0 Å². The highest BCUT2D eigenvalue weighted by atomic mass is 79.9. The Labute approximate surface area is 70.8 Å². The molecule has 1 aliphatic carbocycles. The largest absolute Gasteiger partial charge is 0.401 e. The van der Waals surface area contributed by atoms with Crippen LogP contribution in [0.1, 0.15) is 32.6 Å². The summed E-state index contributed by atoms with van der Waals surface area (Å²) >= 11 is 3.49. The first-order valence-corrected chi connectivity index (χ1v) is 4.62. The lowest BCUT2D eigenvalue weighted by Gasteiger charge is -2.05. The Balaban J connectivity index is 2.61.